The Hall–Kier alpha value is -1.69. The van der Waals surface area contributed by atoms with Crippen LogP contribution in [0.4, 0.5) is 5.82 Å². The molecule has 0 aliphatic heterocycles. The van der Waals surface area contributed by atoms with Crippen molar-refractivity contribution in [1.82, 2.24) is 9.97 Å². The second kappa shape index (κ2) is 7.36. The van der Waals surface area contributed by atoms with Crippen molar-refractivity contribution in [3.05, 3.63) is 18.1 Å². The molecule has 0 radical (unpaired) electrons. The number of nitrogens with zero attached hydrogens (tertiary/aromatic N) is 3. The number of aromatic nitrogens is 2. The number of rotatable bonds is 5. The molecule has 1 heterocycles. The maximum absolute atomic E-state index is 11.6. The molecule has 1 aromatic heterocycles. The maximum atomic E-state index is 11.6. The molecule has 116 valence electrons. The quantitative estimate of drug-likeness (QED) is 0.833. The van der Waals surface area contributed by atoms with E-state index in [0.717, 1.165) is 44.5 Å². The molecule has 2 rings (SSSR count). The summed E-state index contributed by atoms with van der Waals surface area (Å²) in [6, 6.07) is 0.740. The van der Waals surface area contributed by atoms with Crippen molar-refractivity contribution in [2.75, 3.05) is 18.6 Å². The van der Waals surface area contributed by atoms with Crippen molar-refractivity contribution >= 4 is 11.8 Å². The molecule has 1 aliphatic rings. The van der Waals surface area contributed by atoms with Gasteiger partial charge >= 0.3 is 5.97 Å². The number of carbonyl (C=O) groups is 1. The van der Waals surface area contributed by atoms with Crippen LogP contribution >= 0.6 is 0 Å². The molecule has 0 atom stereocenters. The van der Waals surface area contributed by atoms with Crippen molar-refractivity contribution in [3.8, 4) is 0 Å². The summed E-state index contributed by atoms with van der Waals surface area (Å²) in [6.07, 6.45) is 8.38. The lowest BCUT2D eigenvalue weighted by Crippen LogP contribution is -2.42. The van der Waals surface area contributed by atoms with Gasteiger partial charge in [-0.05, 0) is 32.1 Å². The van der Waals surface area contributed by atoms with Crippen LogP contribution in [0, 0.1) is 0 Å². The van der Waals surface area contributed by atoms with E-state index in [9.17, 15) is 4.79 Å². The molecule has 1 aromatic rings. The van der Waals surface area contributed by atoms with Crippen LogP contribution in [0.1, 0.15) is 49.5 Å². The Morgan fingerprint density at radius 3 is 2.71 bits per heavy atom. The molecular weight excluding hydrogens is 268 g/mol. The first-order valence-corrected chi connectivity index (χ1v) is 7.58. The first kappa shape index (κ1) is 15.7. The van der Waals surface area contributed by atoms with Crippen LogP contribution in [-0.2, 0) is 4.74 Å². The van der Waals surface area contributed by atoms with Gasteiger partial charge in [-0.25, -0.2) is 9.78 Å². The number of ether oxygens (including phenoxy) is 1. The average Bonchev–Trinajstić information content (AvgIpc) is 2.53. The minimum atomic E-state index is -0.452. The molecule has 1 aliphatic carbocycles. The third kappa shape index (κ3) is 3.91. The number of anilines is 1. The van der Waals surface area contributed by atoms with Gasteiger partial charge in [-0.2, -0.15) is 0 Å². The lowest BCUT2D eigenvalue weighted by Gasteiger charge is -2.36. The second-order valence-corrected chi connectivity index (χ2v) is 5.52. The van der Waals surface area contributed by atoms with E-state index in [4.69, 9.17) is 10.5 Å². The van der Waals surface area contributed by atoms with E-state index < -0.39 is 5.97 Å². The molecule has 0 bridgehead atoms. The number of esters is 1. The van der Waals surface area contributed by atoms with Gasteiger partial charge in [0.25, 0.3) is 0 Å². The Bertz CT molecular complexity index is 472. The van der Waals surface area contributed by atoms with Crippen LogP contribution in [-0.4, -0.2) is 41.7 Å². The predicted molar refractivity (Wildman–Crippen MR) is 81.2 cm³/mol. The minimum absolute atomic E-state index is 0.253. The minimum Gasteiger partial charge on any atom is -0.464 e. The van der Waals surface area contributed by atoms with Crippen molar-refractivity contribution in [2.45, 2.75) is 51.1 Å². The fraction of sp³-hybridized carbons (Fsp3) is 0.667. The second-order valence-electron chi connectivity index (χ2n) is 5.52. The smallest absolute Gasteiger partial charge is 0.358 e. The van der Waals surface area contributed by atoms with Crippen molar-refractivity contribution in [2.24, 2.45) is 5.73 Å². The maximum Gasteiger partial charge on any atom is 0.358 e. The van der Waals surface area contributed by atoms with Crippen LogP contribution in [0.3, 0.4) is 0 Å². The van der Waals surface area contributed by atoms with Gasteiger partial charge in [0.1, 0.15) is 5.82 Å². The summed E-state index contributed by atoms with van der Waals surface area (Å²) in [4.78, 5) is 22.4. The van der Waals surface area contributed by atoms with E-state index in [2.05, 4.69) is 21.8 Å². The number of hydrogen-bond donors (Lipinski definition) is 1. The van der Waals surface area contributed by atoms with Gasteiger partial charge in [-0.3, -0.25) is 4.98 Å². The van der Waals surface area contributed by atoms with E-state index in [1.165, 1.54) is 13.3 Å². The van der Waals surface area contributed by atoms with E-state index in [0.29, 0.717) is 12.1 Å². The highest BCUT2D eigenvalue weighted by atomic mass is 16.5. The van der Waals surface area contributed by atoms with E-state index in [1.807, 2.05) is 0 Å². The molecule has 21 heavy (non-hydrogen) atoms. The van der Waals surface area contributed by atoms with Crippen molar-refractivity contribution in [1.29, 1.82) is 0 Å². The Balaban J connectivity index is 2.19. The lowest BCUT2D eigenvalue weighted by molar-refractivity contribution is 0.0593. The predicted octanol–water partition coefficient (Wildman–Crippen LogP) is 1.75. The molecule has 0 unspecified atom stereocenters. The molecule has 2 N–H and O–H groups in total. The Kier molecular flexibility index (Phi) is 5.50. The fourth-order valence-corrected chi connectivity index (χ4v) is 2.84. The Morgan fingerprint density at radius 2 is 2.10 bits per heavy atom. The molecule has 6 nitrogen and oxygen atoms in total. The zero-order chi connectivity index (χ0) is 15.2. The molecule has 0 saturated heterocycles. The van der Waals surface area contributed by atoms with Crippen LogP contribution in [0.25, 0.3) is 0 Å². The van der Waals surface area contributed by atoms with E-state index >= 15 is 0 Å². The first-order chi connectivity index (χ1) is 10.2. The molecule has 6 heteroatoms. The summed E-state index contributed by atoms with van der Waals surface area (Å²) in [6.45, 7) is 3.04. The summed E-state index contributed by atoms with van der Waals surface area (Å²) in [5.41, 5.74) is 6.24. The van der Waals surface area contributed by atoms with Gasteiger partial charge in [-0.1, -0.05) is 6.92 Å². The molecule has 0 aromatic carbocycles. The van der Waals surface area contributed by atoms with Crippen LogP contribution in [0.5, 0.6) is 0 Å². The fourth-order valence-electron chi connectivity index (χ4n) is 2.84. The summed E-state index contributed by atoms with van der Waals surface area (Å²) < 4.78 is 4.71. The first-order valence-electron chi connectivity index (χ1n) is 7.58. The topological polar surface area (TPSA) is 81.3 Å². The lowest BCUT2D eigenvalue weighted by atomic mass is 9.90. The normalized spacial score (nSPS) is 21.9. The SMILES string of the molecule is CCCN(c1cncc(C(=O)OC)n1)C1CCC(N)CC1. The standard InChI is InChI=1S/C15H24N4O2/c1-3-8-19(12-6-4-11(16)5-7-12)14-10-17-9-13(18-14)15(20)21-2/h9-12H,3-8,16H2,1-2H3. The zero-order valence-electron chi connectivity index (χ0n) is 12.8. The highest BCUT2D eigenvalue weighted by Crippen LogP contribution is 2.26. The van der Waals surface area contributed by atoms with Crippen molar-refractivity contribution < 1.29 is 9.53 Å². The molecule has 1 fully saturated rings. The van der Waals surface area contributed by atoms with E-state index in [-0.39, 0.29) is 5.69 Å². The van der Waals surface area contributed by atoms with Gasteiger partial charge in [0, 0.05) is 18.6 Å². The molecule has 1 saturated carbocycles. The molecule has 0 amide bonds. The number of nitrogens with two attached hydrogens (primary N) is 1. The van der Waals surface area contributed by atoms with Crippen LogP contribution < -0.4 is 10.6 Å². The van der Waals surface area contributed by atoms with Crippen LogP contribution in [0.15, 0.2) is 12.4 Å². The van der Waals surface area contributed by atoms with Crippen molar-refractivity contribution in [3.63, 3.8) is 0 Å². The summed E-state index contributed by atoms with van der Waals surface area (Å²) in [5.74, 6) is 0.298. The summed E-state index contributed by atoms with van der Waals surface area (Å²) >= 11 is 0. The van der Waals surface area contributed by atoms with Crippen LogP contribution in [0.2, 0.25) is 0 Å². The van der Waals surface area contributed by atoms with Gasteiger partial charge < -0.3 is 15.4 Å². The molecular formula is C15H24N4O2. The molecule has 0 spiro atoms. The monoisotopic (exact) mass is 292 g/mol. The highest BCUT2D eigenvalue weighted by molar-refractivity contribution is 5.87. The van der Waals surface area contributed by atoms with Gasteiger partial charge in [0.2, 0.25) is 0 Å². The number of hydrogen-bond acceptors (Lipinski definition) is 6. The highest BCUT2D eigenvalue weighted by Gasteiger charge is 2.25. The van der Waals surface area contributed by atoms with Gasteiger partial charge in [0.15, 0.2) is 5.69 Å². The summed E-state index contributed by atoms with van der Waals surface area (Å²) in [5, 5.41) is 0. The van der Waals surface area contributed by atoms with E-state index in [1.54, 1.807) is 6.20 Å². The summed E-state index contributed by atoms with van der Waals surface area (Å²) in [7, 11) is 1.35. The Morgan fingerprint density at radius 1 is 1.38 bits per heavy atom. The van der Waals surface area contributed by atoms with Gasteiger partial charge in [0.05, 0.1) is 19.5 Å². The van der Waals surface area contributed by atoms with Gasteiger partial charge in [-0.15, -0.1) is 0 Å². The number of methoxy groups -OCH3 is 1. The number of carbonyl (C=O) groups excluding carboxylic acids is 1. The Labute approximate surface area is 125 Å². The zero-order valence-corrected chi connectivity index (χ0v) is 12.8. The third-order valence-electron chi connectivity index (χ3n) is 3.96. The largest absolute Gasteiger partial charge is 0.464 e. The third-order valence-corrected chi connectivity index (χ3v) is 3.96. The average molecular weight is 292 g/mol.